The van der Waals surface area contributed by atoms with Crippen LogP contribution >= 0.6 is 11.3 Å². The smallest absolute Gasteiger partial charge is 0.0868 e. The SMILES string of the molecule is OC1(Cc2ccsc2)C=CCCC1. The quantitative estimate of drug-likeness (QED) is 0.718. The molecule has 1 aliphatic carbocycles. The maximum absolute atomic E-state index is 10.2. The first-order chi connectivity index (χ1) is 6.29. The summed E-state index contributed by atoms with van der Waals surface area (Å²) in [5.41, 5.74) is 0.679. The predicted octanol–water partition coefficient (Wildman–Crippen LogP) is 2.76. The lowest BCUT2D eigenvalue weighted by Gasteiger charge is -2.27. The van der Waals surface area contributed by atoms with Gasteiger partial charge in [-0.3, -0.25) is 0 Å². The van der Waals surface area contributed by atoms with E-state index in [9.17, 15) is 5.11 Å². The highest BCUT2D eigenvalue weighted by atomic mass is 32.1. The molecule has 0 aliphatic heterocycles. The molecule has 1 aromatic heterocycles. The first kappa shape index (κ1) is 8.97. The molecule has 1 heterocycles. The van der Waals surface area contributed by atoms with Crippen LogP contribution in [0, 0.1) is 0 Å². The molecule has 13 heavy (non-hydrogen) atoms. The molecule has 1 unspecified atom stereocenters. The van der Waals surface area contributed by atoms with E-state index in [1.165, 1.54) is 5.56 Å². The van der Waals surface area contributed by atoms with Crippen molar-refractivity contribution in [2.24, 2.45) is 0 Å². The van der Waals surface area contributed by atoms with E-state index < -0.39 is 5.60 Å². The summed E-state index contributed by atoms with van der Waals surface area (Å²) in [6.45, 7) is 0. The minimum atomic E-state index is -0.570. The lowest BCUT2D eigenvalue weighted by Crippen LogP contribution is -2.30. The van der Waals surface area contributed by atoms with Gasteiger partial charge in [0.15, 0.2) is 0 Å². The van der Waals surface area contributed by atoms with Gasteiger partial charge in [0.05, 0.1) is 5.60 Å². The average molecular weight is 194 g/mol. The molecule has 1 nitrogen and oxygen atoms in total. The van der Waals surface area contributed by atoms with Gasteiger partial charge in [0.1, 0.15) is 0 Å². The monoisotopic (exact) mass is 194 g/mol. The van der Waals surface area contributed by atoms with Crippen molar-refractivity contribution in [2.75, 3.05) is 0 Å². The Labute approximate surface area is 82.7 Å². The van der Waals surface area contributed by atoms with Gasteiger partial charge in [-0.2, -0.15) is 11.3 Å². The van der Waals surface area contributed by atoms with E-state index in [0.717, 1.165) is 25.7 Å². The Kier molecular flexibility index (Phi) is 2.51. The van der Waals surface area contributed by atoms with Gasteiger partial charge in [-0.1, -0.05) is 12.2 Å². The van der Waals surface area contributed by atoms with E-state index in [4.69, 9.17) is 0 Å². The highest BCUT2D eigenvalue weighted by Gasteiger charge is 2.25. The highest BCUT2D eigenvalue weighted by Crippen LogP contribution is 2.26. The second-order valence-corrected chi connectivity index (χ2v) is 4.49. The number of hydrogen-bond acceptors (Lipinski definition) is 2. The van der Waals surface area contributed by atoms with Gasteiger partial charge < -0.3 is 5.11 Å². The summed E-state index contributed by atoms with van der Waals surface area (Å²) in [5.74, 6) is 0. The largest absolute Gasteiger partial charge is 0.385 e. The maximum atomic E-state index is 10.2. The van der Waals surface area contributed by atoms with Crippen LogP contribution in [0.3, 0.4) is 0 Å². The van der Waals surface area contributed by atoms with Gasteiger partial charge in [0, 0.05) is 6.42 Å². The highest BCUT2D eigenvalue weighted by molar-refractivity contribution is 7.07. The molecule has 0 radical (unpaired) electrons. The molecule has 70 valence electrons. The standard InChI is InChI=1S/C11H14OS/c12-11(5-2-1-3-6-11)8-10-4-7-13-9-10/h2,4-5,7,9,12H,1,3,6,8H2. The minimum absolute atomic E-state index is 0.570. The minimum Gasteiger partial charge on any atom is -0.385 e. The number of rotatable bonds is 2. The maximum Gasteiger partial charge on any atom is 0.0868 e. The molecular formula is C11H14OS. The number of hydrogen-bond donors (Lipinski definition) is 1. The van der Waals surface area contributed by atoms with E-state index in [1.54, 1.807) is 11.3 Å². The molecule has 0 amide bonds. The van der Waals surface area contributed by atoms with Crippen LogP contribution in [0.5, 0.6) is 0 Å². The fourth-order valence-electron chi connectivity index (χ4n) is 1.81. The van der Waals surface area contributed by atoms with E-state index in [0.29, 0.717) is 0 Å². The van der Waals surface area contributed by atoms with E-state index in [1.807, 2.05) is 6.08 Å². The molecule has 0 aromatic carbocycles. The molecule has 0 bridgehead atoms. The number of aliphatic hydroxyl groups is 1. The molecule has 2 rings (SSSR count). The zero-order chi connectivity index (χ0) is 9.15. The molecule has 0 saturated carbocycles. The summed E-state index contributed by atoms with van der Waals surface area (Å²) in [6, 6.07) is 2.09. The summed E-state index contributed by atoms with van der Waals surface area (Å²) in [4.78, 5) is 0. The first-order valence-corrected chi connectivity index (χ1v) is 5.64. The summed E-state index contributed by atoms with van der Waals surface area (Å²) >= 11 is 1.69. The molecule has 0 fully saturated rings. The number of thiophene rings is 1. The van der Waals surface area contributed by atoms with Crippen LogP contribution in [0.25, 0.3) is 0 Å². The van der Waals surface area contributed by atoms with Crippen molar-refractivity contribution in [3.63, 3.8) is 0 Å². The Morgan fingerprint density at radius 3 is 3.08 bits per heavy atom. The van der Waals surface area contributed by atoms with E-state index in [-0.39, 0.29) is 0 Å². The van der Waals surface area contributed by atoms with E-state index in [2.05, 4.69) is 22.9 Å². The lowest BCUT2D eigenvalue weighted by molar-refractivity contribution is 0.0752. The summed E-state index contributed by atoms with van der Waals surface area (Å²) in [5, 5.41) is 14.3. The van der Waals surface area contributed by atoms with Gasteiger partial charge in [-0.05, 0) is 41.7 Å². The molecule has 1 aromatic rings. The Balaban J connectivity index is 2.08. The van der Waals surface area contributed by atoms with E-state index >= 15 is 0 Å². The van der Waals surface area contributed by atoms with Crippen LogP contribution in [0.15, 0.2) is 29.0 Å². The second kappa shape index (κ2) is 3.64. The third-order valence-electron chi connectivity index (χ3n) is 2.50. The Morgan fingerprint density at radius 2 is 2.46 bits per heavy atom. The summed E-state index contributed by atoms with van der Waals surface area (Å²) < 4.78 is 0. The van der Waals surface area contributed by atoms with Crippen molar-refractivity contribution < 1.29 is 5.11 Å². The topological polar surface area (TPSA) is 20.2 Å². The lowest BCUT2D eigenvalue weighted by atomic mass is 9.86. The van der Waals surface area contributed by atoms with Crippen molar-refractivity contribution in [2.45, 2.75) is 31.3 Å². The molecule has 0 saturated heterocycles. The molecule has 1 atom stereocenters. The number of allylic oxidation sites excluding steroid dienone is 1. The fraction of sp³-hybridized carbons (Fsp3) is 0.455. The third kappa shape index (κ3) is 2.20. The van der Waals surface area contributed by atoms with Crippen LogP contribution in [-0.2, 0) is 6.42 Å². The molecule has 1 aliphatic rings. The Morgan fingerprint density at radius 1 is 1.54 bits per heavy atom. The van der Waals surface area contributed by atoms with Crippen LogP contribution in [0.1, 0.15) is 24.8 Å². The molecule has 2 heteroatoms. The first-order valence-electron chi connectivity index (χ1n) is 4.70. The van der Waals surface area contributed by atoms with Crippen molar-refractivity contribution in [1.82, 2.24) is 0 Å². The second-order valence-electron chi connectivity index (χ2n) is 3.71. The zero-order valence-electron chi connectivity index (χ0n) is 7.57. The molecule has 0 spiro atoms. The average Bonchev–Trinajstić information content (AvgIpc) is 2.57. The van der Waals surface area contributed by atoms with Crippen LogP contribution < -0.4 is 0 Å². The van der Waals surface area contributed by atoms with Crippen LogP contribution in [0.4, 0.5) is 0 Å². The van der Waals surface area contributed by atoms with Crippen molar-refractivity contribution in [3.05, 3.63) is 34.5 Å². The van der Waals surface area contributed by atoms with Crippen molar-refractivity contribution in [1.29, 1.82) is 0 Å². The van der Waals surface area contributed by atoms with Crippen LogP contribution in [-0.4, -0.2) is 10.7 Å². The van der Waals surface area contributed by atoms with Crippen LogP contribution in [0.2, 0.25) is 0 Å². The van der Waals surface area contributed by atoms with Crippen molar-refractivity contribution >= 4 is 11.3 Å². The predicted molar refractivity (Wildman–Crippen MR) is 56.0 cm³/mol. The third-order valence-corrected chi connectivity index (χ3v) is 3.23. The summed E-state index contributed by atoms with van der Waals surface area (Å²) in [6.07, 6.45) is 7.96. The molecular weight excluding hydrogens is 180 g/mol. The van der Waals surface area contributed by atoms with Crippen molar-refractivity contribution in [3.8, 4) is 0 Å². The summed E-state index contributed by atoms with van der Waals surface area (Å²) in [7, 11) is 0. The Hall–Kier alpha value is -0.600. The van der Waals surface area contributed by atoms with Gasteiger partial charge in [-0.25, -0.2) is 0 Å². The normalized spacial score (nSPS) is 27.8. The van der Waals surface area contributed by atoms with Gasteiger partial charge in [0.2, 0.25) is 0 Å². The van der Waals surface area contributed by atoms with Gasteiger partial charge >= 0.3 is 0 Å². The van der Waals surface area contributed by atoms with Gasteiger partial charge in [-0.15, -0.1) is 0 Å². The molecule has 1 N–H and O–H groups in total. The van der Waals surface area contributed by atoms with Gasteiger partial charge in [0.25, 0.3) is 0 Å². The Bertz CT molecular complexity index is 289. The zero-order valence-corrected chi connectivity index (χ0v) is 8.39. The fourth-order valence-corrected chi connectivity index (χ4v) is 2.47.